The van der Waals surface area contributed by atoms with E-state index in [0.29, 0.717) is 22.3 Å². The second-order valence-electron chi connectivity index (χ2n) is 7.51. The highest BCUT2D eigenvalue weighted by molar-refractivity contribution is 7.22. The van der Waals surface area contributed by atoms with E-state index in [1.54, 1.807) is 11.1 Å². The second kappa shape index (κ2) is 8.17. The van der Waals surface area contributed by atoms with E-state index in [2.05, 4.69) is 17.1 Å². The van der Waals surface area contributed by atoms with Gasteiger partial charge in [-0.2, -0.15) is 0 Å². The molecular formula is C24H20ClN3OS. The number of carbonyl (C=O) groups is 1. The number of aryl methyl sites for hydroxylation is 2. The van der Waals surface area contributed by atoms with Gasteiger partial charge in [0.05, 0.1) is 22.5 Å². The zero-order valence-electron chi connectivity index (χ0n) is 16.3. The van der Waals surface area contributed by atoms with Gasteiger partial charge in [-0.3, -0.25) is 14.7 Å². The van der Waals surface area contributed by atoms with Crippen molar-refractivity contribution < 1.29 is 4.79 Å². The molecule has 1 amide bonds. The number of nitrogens with zero attached hydrogens (tertiary/aromatic N) is 3. The average Bonchev–Trinajstić information content (AvgIpc) is 3.20. The van der Waals surface area contributed by atoms with Crippen molar-refractivity contribution in [3.8, 4) is 0 Å². The monoisotopic (exact) mass is 433 g/mol. The van der Waals surface area contributed by atoms with Gasteiger partial charge >= 0.3 is 0 Å². The predicted molar refractivity (Wildman–Crippen MR) is 122 cm³/mol. The minimum atomic E-state index is -0.0563. The summed E-state index contributed by atoms with van der Waals surface area (Å²) >= 11 is 7.62. The highest BCUT2D eigenvalue weighted by Crippen LogP contribution is 2.33. The van der Waals surface area contributed by atoms with Crippen molar-refractivity contribution in [1.29, 1.82) is 0 Å². The first-order chi connectivity index (χ1) is 14.7. The van der Waals surface area contributed by atoms with Crippen LogP contribution in [0.1, 0.15) is 40.0 Å². The molecule has 4 nitrogen and oxygen atoms in total. The molecular weight excluding hydrogens is 414 g/mol. The lowest BCUT2D eigenvalue weighted by atomic mass is 9.90. The Morgan fingerprint density at radius 1 is 1.03 bits per heavy atom. The molecule has 150 valence electrons. The molecule has 0 N–H and O–H groups in total. The molecule has 0 saturated carbocycles. The summed E-state index contributed by atoms with van der Waals surface area (Å²) in [4.78, 5) is 24.5. The number of halogens is 1. The Morgan fingerprint density at radius 2 is 1.90 bits per heavy atom. The van der Waals surface area contributed by atoms with Gasteiger partial charge in [0.2, 0.25) is 0 Å². The number of amides is 1. The van der Waals surface area contributed by atoms with Crippen LogP contribution in [-0.2, 0) is 19.4 Å². The Kier molecular flexibility index (Phi) is 5.23. The first kappa shape index (κ1) is 19.2. The lowest BCUT2D eigenvalue weighted by Crippen LogP contribution is -2.31. The number of hydrogen-bond donors (Lipinski definition) is 0. The second-order valence-corrected chi connectivity index (χ2v) is 8.96. The fraction of sp³-hybridized carbons (Fsp3) is 0.208. The van der Waals surface area contributed by atoms with Crippen molar-refractivity contribution in [2.45, 2.75) is 32.2 Å². The van der Waals surface area contributed by atoms with E-state index in [4.69, 9.17) is 16.6 Å². The maximum absolute atomic E-state index is 13.6. The van der Waals surface area contributed by atoms with Crippen LogP contribution in [0.15, 0.2) is 60.8 Å². The largest absolute Gasteiger partial charge is 0.278 e. The number of carbonyl (C=O) groups excluding carboxylic acids is 1. The molecule has 0 spiro atoms. The molecule has 5 rings (SSSR count). The highest BCUT2D eigenvalue weighted by atomic mass is 35.5. The first-order valence-corrected chi connectivity index (χ1v) is 11.3. The van der Waals surface area contributed by atoms with Gasteiger partial charge in [0, 0.05) is 16.8 Å². The van der Waals surface area contributed by atoms with E-state index in [1.807, 2.05) is 42.5 Å². The Balaban J connectivity index is 1.55. The van der Waals surface area contributed by atoms with Crippen LogP contribution < -0.4 is 4.90 Å². The van der Waals surface area contributed by atoms with E-state index in [0.717, 1.165) is 28.8 Å². The van der Waals surface area contributed by atoms with Gasteiger partial charge in [-0.15, -0.1) is 0 Å². The van der Waals surface area contributed by atoms with Crippen LogP contribution in [-0.4, -0.2) is 15.9 Å². The zero-order chi connectivity index (χ0) is 20.5. The van der Waals surface area contributed by atoms with Crippen molar-refractivity contribution in [2.24, 2.45) is 0 Å². The van der Waals surface area contributed by atoms with E-state index < -0.39 is 0 Å². The molecule has 0 unspecified atom stereocenters. The number of fused-ring (bicyclic) bond motifs is 2. The average molecular weight is 434 g/mol. The van der Waals surface area contributed by atoms with Crippen LogP contribution in [0.4, 0.5) is 5.13 Å². The van der Waals surface area contributed by atoms with Crippen molar-refractivity contribution in [2.75, 3.05) is 4.90 Å². The molecule has 0 bridgehead atoms. The predicted octanol–water partition coefficient (Wildman–Crippen LogP) is 6.07. The smallest absolute Gasteiger partial charge is 0.260 e. The number of anilines is 1. The first-order valence-electron chi connectivity index (χ1n) is 10.1. The number of benzene rings is 2. The molecule has 0 fully saturated rings. The van der Waals surface area contributed by atoms with E-state index >= 15 is 0 Å². The molecule has 6 heteroatoms. The van der Waals surface area contributed by atoms with Gasteiger partial charge < -0.3 is 0 Å². The van der Waals surface area contributed by atoms with Gasteiger partial charge in [0.15, 0.2) is 5.13 Å². The molecule has 2 aromatic carbocycles. The summed E-state index contributed by atoms with van der Waals surface area (Å²) in [6.45, 7) is 0.365. The number of pyridine rings is 1. The van der Waals surface area contributed by atoms with E-state index in [9.17, 15) is 4.79 Å². The van der Waals surface area contributed by atoms with Crippen LogP contribution in [0, 0.1) is 0 Å². The Bertz CT molecular complexity index is 1220. The summed E-state index contributed by atoms with van der Waals surface area (Å²) in [5.74, 6) is -0.0563. The quantitative estimate of drug-likeness (QED) is 0.392. The summed E-state index contributed by atoms with van der Waals surface area (Å²) in [6.07, 6.45) is 6.28. The minimum absolute atomic E-state index is 0.0563. The third-order valence-electron chi connectivity index (χ3n) is 5.46. The molecule has 0 saturated heterocycles. The summed E-state index contributed by atoms with van der Waals surface area (Å²) in [5.41, 5.74) is 5.01. The van der Waals surface area contributed by atoms with E-state index in [-0.39, 0.29) is 5.91 Å². The summed E-state index contributed by atoms with van der Waals surface area (Å²) in [6, 6.07) is 17.5. The minimum Gasteiger partial charge on any atom is -0.278 e. The van der Waals surface area contributed by atoms with Crippen LogP contribution in [0.2, 0.25) is 5.02 Å². The lowest BCUT2D eigenvalue weighted by Gasteiger charge is -2.21. The van der Waals surface area contributed by atoms with Gasteiger partial charge in [0.25, 0.3) is 5.91 Å². The lowest BCUT2D eigenvalue weighted by molar-refractivity contribution is 0.0984. The van der Waals surface area contributed by atoms with Gasteiger partial charge in [-0.25, -0.2) is 4.98 Å². The molecule has 1 aliphatic carbocycles. The summed E-state index contributed by atoms with van der Waals surface area (Å²) < 4.78 is 0.960. The van der Waals surface area contributed by atoms with Crippen LogP contribution >= 0.6 is 22.9 Å². The molecule has 2 aromatic heterocycles. The standard InChI is InChI=1S/C24H20ClN3OS/c25-19-10-11-21-22(14-19)30-24(27-21)28(15-20-7-3-4-12-26-20)23(29)18-9-8-16-5-1-2-6-17(16)13-18/h3-4,7-14H,1-2,5-6,15H2. The van der Waals surface area contributed by atoms with E-state index in [1.165, 1.54) is 35.3 Å². The van der Waals surface area contributed by atoms with Gasteiger partial charge in [-0.05, 0) is 79.3 Å². The fourth-order valence-corrected chi connectivity index (χ4v) is 5.14. The third-order valence-corrected chi connectivity index (χ3v) is 6.73. The topological polar surface area (TPSA) is 46.1 Å². The highest BCUT2D eigenvalue weighted by Gasteiger charge is 2.23. The fourth-order valence-electron chi connectivity index (χ4n) is 3.90. The molecule has 4 aromatic rings. The maximum Gasteiger partial charge on any atom is 0.260 e. The van der Waals surface area contributed by atoms with Crippen LogP contribution in [0.25, 0.3) is 10.2 Å². The Labute approximate surface area is 184 Å². The Morgan fingerprint density at radius 3 is 2.73 bits per heavy atom. The normalized spacial score (nSPS) is 13.2. The maximum atomic E-state index is 13.6. The molecule has 0 atom stereocenters. The number of thiazole rings is 1. The number of aromatic nitrogens is 2. The number of rotatable bonds is 4. The van der Waals surface area contributed by atoms with Crippen molar-refractivity contribution in [3.05, 3.63) is 88.2 Å². The van der Waals surface area contributed by atoms with Crippen molar-refractivity contribution in [3.63, 3.8) is 0 Å². The van der Waals surface area contributed by atoms with Gasteiger partial charge in [0.1, 0.15) is 0 Å². The third kappa shape index (κ3) is 3.83. The SMILES string of the molecule is O=C(c1ccc2c(c1)CCCC2)N(Cc1ccccn1)c1nc2ccc(Cl)cc2s1. The molecule has 30 heavy (non-hydrogen) atoms. The van der Waals surface area contributed by atoms with Crippen LogP contribution in [0.3, 0.4) is 0 Å². The summed E-state index contributed by atoms with van der Waals surface area (Å²) in [5, 5.41) is 1.32. The van der Waals surface area contributed by atoms with Crippen molar-refractivity contribution >= 4 is 44.2 Å². The summed E-state index contributed by atoms with van der Waals surface area (Å²) in [7, 11) is 0. The van der Waals surface area contributed by atoms with Crippen molar-refractivity contribution in [1.82, 2.24) is 9.97 Å². The molecule has 0 aliphatic heterocycles. The zero-order valence-corrected chi connectivity index (χ0v) is 17.9. The van der Waals surface area contributed by atoms with Gasteiger partial charge in [-0.1, -0.05) is 35.1 Å². The van der Waals surface area contributed by atoms with Crippen LogP contribution in [0.5, 0.6) is 0 Å². The Hall–Kier alpha value is -2.76. The molecule has 1 aliphatic rings. The number of hydrogen-bond acceptors (Lipinski definition) is 4. The molecule has 0 radical (unpaired) electrons. The molecule has 2 heterocycles.